The van der Waals surface area contributed by atoms with Crippen LogP contribution in [-0.4, -0.2) is 24.9 Å². The van der Waals surface area contributed by atoms with Crippen LogP contribution in [0.4, 0.5) is 17.1 Å². The lowest BCUT2D eigenvalue weighted by Crippen LogP contribution is -2.19. The number of carbonyl (C=O) groups excluding carboxylic acids is 1. The van der Waals surface area contributed by atoms with Crippen LogP contribution < -0.4 is 10.2 Å². The molecule has 0 saturated heterocycles. The fraction of sp³-hybridized carbons (Fsp3) is 0.133. The lowest BCUT2D eigenvalue weighted by atomic mass is 10.1. The highest BCUT2D eigenvalue weighted by molar-refractivity contribution is 9.11. The molecule has 2 aromatic rings. The lowest BCUT2D eigenvalue weighted by Gasteiger charge is -2.17. The van der Waals surface area contributed by atoms with Crippen molar-refractivity contribution in [1.29, 1.82) is 0 Å². The van der Waals surface area contributed by atoms with E-state index < -0.39 is 10.8 Å². The molecule has 23 heavy (non-hydrogen) atoms. The number of nitro benzene ring substituents is 1. The number of hydrogen-bond donors (Lipinski definition) is 1. The van der Waals surface area contributed by atoms with Gasteiger partial charge < -0.3 is 10.2 Å². The summed E-state index contributed by atoms with van der Waals surface area (Å²) in [4.78, 5) is 24.7. The Hall–Kier alpha value is -1.93. The zero-order valence-corrected chi connectivity index (χ0v) is 15.5. The summed E-state index contributed by atoms with van der Waals surface area (Å²) in [5.74, 6) is -0.416. The Kier molecular flexibility index (Phi) is 5.38. The first-order chi connectivity index (χ1) is 10.8. The van der Waals surface area contributed by atoms with E-state index in [4.69, 9.17) is 0 Å². The van der Waals surface area contributed by atoms with Crippen molar-refractivity contribution in [3.63, 3.8) is 0 Å². The molecule has 2 aromatic carbocycles. The first-order valence-electron chi connectivity index (χ1n) is 6.51. The van der Waals surface area contributed by atoms with Gasteiger partial charge in [-0.3, -0.25) is 14.9 Å². The Balaban J connectivity index is 2.40. The number of rotatable bonds is 4. The van der Waals surface area contributed by atoms with Crippen molar-refractivity contribution in [1.82, 2.24) is 0 Å². The molecule has 0 aliphatic carbocycles. The fourth-order valence-electron chi connectivity index (χ4n) is 1.99. The number of non-ortho nitro benzene ring substituents is 1. The molecule has 120 valence electrons. The molecule has 8 heteroatoms. The van der Waals surface area contributed by atoms with Crippen LogP contribution in [0, 0.1) is 10.1 Å². The van der Waals surface area contributed by atoms with Gasteiger partial charge in [-0.05, 0) is 40.2 Å². The maximum Gasteiger partial charge on any atom is 0.270 e. The van der Waals surface area contributed by atoms with Crippen LogP contribution in [0.5, 0.6) is 0 Å². The molecule has 0 saturated carbocycles. The minimum absolute atomic E-state index is 0.129. The van der Waals surface area contributed by atoms with Crippen molar-refractivity contribution >= 4 is 54.8 Å². The van der Waals surface area contributed by atoms with Crippen LogP contribution in [0.2, 0.25) is 0 Å². The first kappa shape index (κ1) is 17.4. The molecule has 1 N–H and O–H groups in total. The topological polar surface area (TPSA) is 75.5 Å². The predicted molar refractivity (Wildman–Crippen MR) is 97.2 cm³/mol. The first-order valence-corrected chi connectivity index (χ1v) is 8.10. The van der Waals surface area contributed by atoms with Gasteiger partial charge in [-0.15, -0.1) is 0 Å². The van der Waals surface area contributed by atoms with Crippen molar-refractivity contribution in [3.05, 3.63) is 61.0 Å². The molecular weight excluding hydrogens is 430 g/mol. The summed E-state index contributed by atoms with van der Waals surface area (Å²) >= 11 is 6.71. The molecule has 6 nitrogen and oxygen atoms in total. The van der Waals surface area contributed by atoms with E-state index in [1.54, 1.807) is 43.3 Å². The number of hydrogen-bond acceptors (Lipinski definition) is 4. The van der Waals surface area contributed by atoms with Crippen LogP contribution in [0.1, 0.15) is 10.4 Å². The number of benzene rings is 2. The zero-order valence-electron chi connectivity index (χ0n) is 12.3. The van der Waals surface area contributed by atoms with Crippen LogP contribution in [-0.2, 0) is 0 Å². The van der Waals surface area contributed by atoms with Crippen molar-refractivity contribution < 1.29 is 9.72 Å². The molecule has 0 spiro atoms. The third-order valence-corrected chi connectivity index (χ3v) is 4.25. The van der Waals surface area contributed by atoms with Gasteiger partial charge in [-0.1, -0.05) is 15.9 Å². The highest BCUT2D eigenvalue weighted by Crippen LogP contribution is 2.29. The molecule has 0 fully saturated rings. The number of nitro groups is 1. The monoisotopic (exact) mass is 441 g/mol. The molecular formula is C15H13Br2N3O3. The minimum atomic E-state index is -0.522. The maximum absolute atomic E-state index is 12.6. The van der Waals surface area contributed by atoms with Crippen molar-refractivity contribution in [2.75, 3.05) is 24.3 Å². The summed E-state index contributed by atoms with van der Waals surface area (Å²) in [6.07, 6.45) is 0. The predicted octanol–water partition coefficient (Wildman–Crippen LogP) is 4.44. The van der Waals surface area contributed by atoms with Gasteiger partial charge in [0.05, 0.1) is 16.2 Å². The Morgan fingerprint density at radius 1 is 1.17 bits per heavy atom. The van der Waals surface area contributed by atoms with E-state index in [2.05, 4.69) is 37.2 Å². The van der Waals surface area contributed by atoms with E-state index in [9.17, 15) is 14.9 Å². The van der Waals surface area contributed by atoms with Gasteiger partial charge in [0, 0.05) is 40.9 Å². The summed E-state index contributed by atoms with van der Waals surface area (Å²) in [6, 6.07) is 9.54. The number of halogens is 2. The van der Waals surface area contributed by atoms with E-state index in [0.717, 1.165) is 4.47 Å². The fourth-order valence-corrected chi connectivity index (χ4v) is 3.14. The van der Waals surface area contributed by atoms with Crippen LogP contribution in [0.15, 0.2) is 45.3 Å². The molecule has 0 heterocycles. The van der Waals surface area contributed by atoms with Crippen molar-refractivity contribution in [3.8, 4) is 0 Å². The van der Waals surface area contributed by atoms with Gasteiger partial charge in [-0.2, -0.15) is 0 Å². The smallest absolute Gasteiger partial charge is 0.270 e. The highest BCUT2D eigenvalue weighted by Gasteiger charge is 2.18. The molecule has 0 bridgehead atoms. The second-order valence-electron chi connectivity index (χ2n) is 4.93. The van der Waals surface area contributed by atoms with Gasteiger partial charge in [0.2, 0.25) is 0 Å². The molecule has 0 aliphatic heterocycles. The summed E-state index contributed by atoms with van der Waals surface area (Å²) in [7, 11) is 3.54. The van der Waals surface area contributed by atoms with Gasteiger partial charge in [0.25, 0.3) is 11.6 Å². The van der Waals surface area contributed by atoms with E-state index in [1.807, 2.05) is 0 Å². The standard InChI is InChI=1S/C15H13Br2N3O3/c1-19(2)14-6-4-10(20(22)23)8-11(14)15(21)18-13-5-3-9(16)7-12(13)17/h3-8H,1-2H3,(H,18,21). The van der Waals surface area contributed by atoms with Gasteiger partial charge in [0.15, 0.2) is 0 Å². The summed E-state index contributed by atoms with van der Waals surface area (Å²) in [5.41, 5.74) is 1.28. The third-order valence-electron chi connectivity index (χ3n) is 3.10. The maximum atomic E-state index is 12.6. The second-order valence-corrected chi connectivity index (χ2v) is 6.70. The third kappa shape index (κ3) is 4.08. The quantitative estimate of drug-likeness (QED) is 0.561. The molecule has 1 amide bonds. The largest absolute Gasteiger partial charge is 0.377 e. The van der Waals surface area contributed by atoms with Crippen LogP contribution >= 0.6 is 31.9 Å². The molecule has 0 atom stereocenters. The van der Waals surface area contributed by atoms with Crippen molar-refractivity contribution in [2.24, 2.45) is 0 Å². The number of nitrogens with one attached hydrogen (secondary N) is 1. The van der Waals surface area contributed by atoms with E-state index >= 15 is 0 Å². The highest BCUT2D eigenvalue weighted by atomic mass is 79.9. The Bertz CT molecular complexity index is 779. The molecule has 2 rings (SSSR count). The molecule has 0 unspecified atom stereocenters. The Labute approximate surface area is 149 Å². The lowest BCUT2D eigenvalue weighted by molar-refractivity contribution is -0.384. The normalized spacial score (nSPS) is 10.3. The SMILES string of the molecule is CN(C)c1ccc([N+](=O)[O-])cc1C(=O)Nc1ccc(Br)cc1Br. The van der Waals surface area contributed by atoms with Gasteiger partial charge in [0.1, 0.15) is 0 Å². The summed E-state index contributed by atoms with van der Waals surface area (Å²) in [6.45, 7) is 0. The van der Waals surface area contributed by atoms with E-state index in [-0.39, 0.29) is 11.3 Å². The minimum Gasteiger partial charge on any atom is -0.377 e. The number of anilines is 2. The Morgan fingerprint density at radius 2 is 1.87 bits per heavy atom. The van der Waals surface area contributed by atoms with Crippen LogP contribution in [0.3, 0.4) is 0 Å². The molecule has 0 aliphatic rings. The summed E-state index contributed by atoms with van der Waals surface area (Å²) in [5, 5.41) is 13.7. The Morgan fingerprint density at radius 3 is 2.43 bits per heavy atom. The van der Waals surface area contributed by atoms with Gasteiger partial charge >= 0.3 is 0 Å². The average molecular weight is 443 g/mol. The second kappa shape index (κ2) is 7.10. The summed E-state index contributed by atoms with van der Waals surface area (Å²) < 4.78 is 1.57. The van der Waals surface area contributed by atoms with Crippen LogP contribution in [0.25, 0.3) is 0 Å². The van der Waals surface area contributed by atoms with E-state index in [0.29, 0.717) is 15.8 Å². The number of nitrogens with zero attached hydrogens (tertiary/aromatic N) is 2. The number of amides is 1. The average Bonchev–Trinajstić information content (AvgIpc) is 2.49. The molecule has 0 radical (unpaired) electrons. The van der Waals surface area contributed by atoms with Gasteiger partial charge in [-0.25, -0.2) is 0 Å². The van der Waals surface area contributed by atoms with Crippen molar-refractivity contribution in [2.45, 2.75) is 0 Å². The zero-order chi connectivity index (χ0) is 17.1. The number of carbonyl (C=O) groups is 1. The molecule has 0 aromatic heterocycles. The van der Waals surface area contributed by atoms with E-state index in [1.165, 1.54) is 12.1 Å².